The third-order valence-corrected chi connectivity index (χ3v) is 4.36. The standard InChI is InChI=1S/C10H14N2S/c1-5-3-13-4-7(5)10-8-6(2-12-10)9(8)11/h3-4,6,8-10,12H,2,11H2,1H3. The molecule has 2 fully saturated rings. The Morgan fingerprint density at radius 2 is 2.38 bits per heavy atom. The predicted molar refractivity (Wildman–Crippen MR) is 54.8 cm³/mol. The molecule has 4 atom stereocenters. The van der Waals surface area contributed by atoms with E-state index in [0.29, 0.717) is 18.0 Å². The van der Waals surface area contributed by atoms with Gasteiger partial charge in [0.1, 0.15) is 0 Å². The van der Waals surface area contributed by atoms with Crippen LogP contribution in [0.25, 0.3) is 0 Å². The average Bonchev–Trinajstić information content (AvgIpc) is 2.56. The SMILES string of the molecule is Cc1cscc1C1NCC2C(N)C12. The van der Waals surface area contributed by atoms with E-state index in [0.717, 1.165) is 12.5 Å². The first kappa shape index (κ1) is 7.97. The lowest BCUT2D eigenvalue weighted by molar-refractivity contribution is 0.536. The van der Waals surface area contributed by atoms with Crippen LogP contribution < -0.4 is 11.1 Å². The lowest BCUT2D eigenvalue weighted by Gasteiger charge is -2.14. The number of nitrogens with one attached hydrogen (secondary N) is 1. The number of hydrogen-bond donors (Lipinski definition) is 2. The Morgan fingerprint density at radius 1 is 1.54 bits per heavy atom. The average molecular weight is 194 g/mol. The summed E-state index contributed by atoms with van der Waals surface area (Å²) >= 11 is 1.79. The van der Waals surface area contributed by atoms with Crippen LogP contribution in [0, 0.1) is 18.8 Å². The summed E-state index contributed by atoms with van der Waals surface area (Å²) in [6.07, 6.45) is 0. The van der Waals surface area contributed by atoms with Gasteiger partial charge < -0.3 is 11.1 Å². The molecule has 1 saturated heterocycles. The zero-order chi connectivity index (χ0) is 9.00. The van der Waals surface area contributed by atoms with Gasteiger partial charge in [0, 0.05) is 18.6 Å². The molecule has 70 valence electrons. The Hall–Kier alpha value is -0.380. The molecule has 0 bridgehead atoms. The molecule has 0 spiro atoms. The van der Waals surface area contributed by atoms with Gasteiger partial charge in [0.2, 0.25) is 0 Å². The molecule has 1 aliphatic carbocycles. The van der Waals surface area contributed by atoms with Gasteiger partial charge in [-0.1, -0.05) is 0 Å². The van der Waals surface area contributed by atoms with Gasteiger partial charge in [0.25, 0.3) is 0 Å². The summed E-state index contributed by atoms with van der Waals surface area (Å²) in [6.45, 7) is 3.31. The molecule has 2 nitrogen and oxygen atoms in total. The van der Waals surface area contributed by atoms with Gasteiger partial charge in [-0.05, 0) is 40.6 Å². The molecule has 13 heavy (non-hydrogen) atoms. The molecule has 3 heteroatoms. The highest BCUT2D eigenvalue weighted by molar-refractivity contribution is 7.08. The molecule has 3 N–H and O–H groups in total. The number of nitrogens with two attached hydrogens (primary N) is 1. The van der Waals surface area contributed by atoms with Crippen molar-refractivity contribution in [3.63, 3.8) is 0 Å². The molecule has 1 saturated carbocycles. The van der Waals surface area contributed by atoms with E-state index in [9.17, 15) is 0 Å². The Kier molecular flexibility index (Phi) is 1.57. The van der Waals surface area contributed by atoms with E-state index in [4.69, 9.17) is 5.73 Å². The summed E-state index contributed by atoms with van der Waals surface area (Å²) in [7, 11) is 0. The van der Waals surface area contributed by atoms with Crippen molar-refractivity contribution in [2.45, 2.75) is 19.0 Å². The van der Waals surface area contributed by atoms with Gasteiger partial charge in [-0.25, -0.2) is 0 Å². The van der Waals surface area contributed by atoms with Gasteiger partial charge in [-0.15, -0.1) is 0 Å². The number of piperidine rings is 1. The van der Waals surface area contributed by atoms with Gasteiger partial charge in [0.05, 0.1) is 0 Å². The van der Waals surface area contributed by atoms with Crippen LogP contribution in [0.1, 0.15) is 17.2 Å². The van der Waals surface area contributed by atoms with Crippen molar-refractivity contribution in [3.8, 4) is 0 Å². The van der Waals surface area contributed by atoms with E-state index < -0.39 is 0 Å². The maximum atomic E-state index is 5.98. The highest BCUT2D eigenvalue weighted by Crippen LogP contribution is 2.51. The highest BCUT2D eigenvalue weighted by Gasteiger charge is 2.56. The monoisotopic (exact) mass is 194 g/mol. The van der Waals surface area contributed by atoms with E-state index in [1.54, 1.807) is 11.3 Å². The van der Waals surface area contributed by atoms with Crippen LogP contribution in [0.2, 0.25) is 0 Å². The smallest absolute Gasteiger partial charge is 0.0378 e. The fourth-order valence-corrected chi connectivity index (χ4v) is 3.46. The maximum absolute atomic E-state index is 5.98. The first-order valence-corrected chi connectivity index (χ1v) is 5.75. The minimum Gasteiger partial charge on any atom is -0.327 e. The topological polar surface area (TPSA) is 38.0 Å². The van der Waals surface area contributed by atoms with Crippen molar-refractivity contribution in [1.29, 1.82) is 0 Å². The van der Waals surface area contributed by atoms with Crippen LogP contribution in [0.3, 0.4) is 0 Å². The molecular formula is C10H14N2S. The number of fused-ring (bicyclic) bond motifs is 1. The number of hydrogen-bond acceptors (Lipinski definition) is 3. The van der Waals surface area contributed by atoms with Crippen molar-refractivity contribution in [2.24, 2.45) is 17.6 Å². The zero-order valence-electron chi connectivity index (χ0n) is 7.66. The molecule has 2 heterocycles. The molecule has 2 aliphatic rings. The van der Waals surface area contributed by atoms with E-state index in [-0.39, 0.29) is 0 Å². The minimum atomic E-state index is 0.463. The lowest BCUT2D eigenvalue weighted by Crippen LogP contribution is -2.25. The second-order valence-corrected chi connectivity index (χ2v) is 4.96. The predicted octanol–water partition coefficient (Wildman–Crippen LogP) is 1.27. The summed E-state index contributed by atoms with van der Waals surface area (Å²) in [5, 5.41) is 8.04. The van der Waals surface area contributed by atoms with Crippen molar-refractivity contribution in [3.05, 3.63) is 21.9 Å². The van der Waals surface area contributed by atoms with Gasteiger partial charge in [-0.3, -0.25) is 0 Å². The van der Waals surface area contributed by atoms with E-state index in [1.165, 1.54) is 11.1 Å². The third-order valence-electron chi connectivity index (χ3n) is 3.48. The second kappa shape index (κ2) is 2.56. The summed E-state index contributed by atoms with van der Waals surface area (Å²) in [5.74, 6) is 1.47. The molecule has 1 aromatic heterocycles. The molecule has 1 aromatic rings. The highest BCUT2D eigenvalue weighted by atomic mass is 32.1. The Labute approximate surface area is 82.1 Å². The van der Waals surface area contributed by atoms with E-state index >= 15 is 0 Å². The molecular weight excluding hydrogens is 180 g/mol. The summed E-state index contributed by atoms with van der Waals surface area (Å²) < 4.78 is 0. The third kappa shape index (κ3) is 1.01. The summed E-state index contributed by atoms with van der Waals surface area (Å²) in [6, 6.07) is 1.01. The van der Waals surface area contributed by atoms with Crippen LogP contribution in [-0.4, -0.2) is 12.6 Å². The van der Waals surface area contributed by atoms with Gasteiger partial charge in [0.15, 0.2) is 0 Å². The number of thiophene rings is 1. The molecule has 0 aromatic carbocycles. The Balaban J connectivity index is 1.91. The molecule has 4 unspecified atom stereocenters. The van der Waals surface area contributed by atoms with Crippen LogP contribution in [0.15, 0.2) is 10.8 Å². The molecule has 0 amide bonds. The largest absolute Gasteiger partial charge is 0.327 e. The number of aryl methyl sites for hydroxylation is 1. The first-order valence-electron chi connectivity index (χ1n) is 4.80. The Morgan fingerprint density at radius 3 is 2.92 bits per heavy atom. The quantitative estimate of drug-likeness (QED) is 0.706. The molecule has 0 radical (unpaired) electrons. The van der Waals surface area contributed by atoms with E-state index in [1.807, 2.05) is 0 Å². The maximum Gasteiger partial charge on any atom is 0.0378 e. The van der Waals surface area contributed by atoms with Crippen LogP contribution in [-0.2, 0) is 0 Å². The van der Waals surface area contributed by atoms with E-state index in [2.05, 4.69) is 23.0 Å². The van der Waals surface area contributed by atoms with Crippen LogP contribution in [0.5, 0.6) is 0 Å². The normalized spacial score (nSPS) is 42.0. The molecule has 1 aliphatic heterocycles. The van der Waals surface area contributed by atoms with Crippen molar-refractivity contribution >= 4 is 11.3 Å². The summed E-state index contributed by atoms with van der Waals surface area (Å²) in [5.41, 5.74) is 8.88. The zero-order valence-corrected chi connectivity index (χ0v) is 8.47. The first-order chi connectivity index (χ1) is 6.29. The van der Waals surface area contributed by atoms with Gasteiger partial charge in [-0.2, -0.15) is 11.3 Å². The summed E-state index contributed by atoms with van der Waals surface area (Å²) in [4.78, 5) is 0. The fourth-order valence-electron chi connectivity index (χ4n) is 2.58. The van der Waals surface area contributed by atoms with Crippen LogP contribution >= 0.6 is 11.3 Å². The van der Waals surface area contributed by atoms with Gasteiger partial charge >= 0.3 is 0 Å². The van der Waals surface area contributed by atoms with Crippen molar-refractivity contribution in [1.82, 2.24) is 5.32 Å². The fraction of sp³-hybridized carbons (Fsp3) is 0.600. The van der Waals surface area contributed by atoms with Crippen molar-refractivity contribution < 1.29 is 0 Å². The molecule has 3 rings (SSSR count). The second-order valence-electron chi connectivity index (χ2n) is 4.21. The minimum absolute atomic E-state index is 0.463. The number of rotatable bonds is 1. The Bertz CT molecular complexity index is 333. The van der Waals surface area contributed by atoms with Crippen molar-refractivity contribution in [2.75, 3.05) is 6.54 Å². The van der Waals surface area contributed by atoms with Crippen LogP contribution in [0.4, 0.5) is 0 Å². The lowest BCUT2D eigenvalue weighted by atomic mass is 10.0.